The Morgan fingerprint density at radius 2 is 1.88 bits per heavy atom. The van der Waals surface area contributed by atoms with Crippen LogP contribution in [-0.2, 0) is 37.1 Å². The molecule has 2 aliphatic heterocycles. The smallest absolute Gasteiger partial charge is 0.453 e. The minimum atomic E-state index is -4.60. The number of carbonyl (C=O) groups excluding carboxylic acids is 2. The number of nitrogens with zero attached hydrogens (tertiary/aromatic N) is 8. The molecule has 1 N–H and O–H groups in total. The van der Waals surface area contributed by atoms with E-state index in [9.17, 15) is 22.8 Å². The van der Waals surface area contributed by atoms with Crippen LogP contribution in [0.4, 0.5) is 18.9 Å². The number of halogens is 3. The monoisotopic (exact) mass is 581 g/mol. The Hall–Kier alpha value is -4.79. The van der Waals surface area contributed by atoms with Crippen LogP contribution in [0.3, 0.4) is 0 Å². The molecule has 2 aliphatic rings. The zero-order chi connectivity index (χ0) is 29.4. The molecule has 4 heterocycles. The van der Waals surface area contributed by atoms with Gasteiger partial charge < -0.3 is 15.0 Å². The molecule has 4 aromatic rings. The van der Waals surface area contributed by atoms with Gasteiger partial charge in [-0.25, -0.2) is 19.3 Å². The average Bonchev–Trinajstić information content (AvgIpc) is 3.60. The molecule has 218 valence electrons. The molecule has 6 rings (SSSR count). The van der Waals surface area contributed by atoms with Gasteiger partial charge >= 0.3 is 6.18 Å². The number of amides is 2. The molecule has 12 nitrogen and oxygen atoms in total. The Morgan fingerprint density at radius 3 is 2.67 bits per heavy atom. The lowest BCUT2D eigenvalue weighted by Gasteiger charge is -2.27. The molecule has 2 aromatic carbocycles. The summed E-state index contributed by atoms with van der Waals surface area (Å²) < 4.78 is 47.7. The predicted octanol–water partition coefficient (Wildman–Crippen LogP) is 2.11. The van der Waals surface area contributed by atoms with Gasteiger partial charge in [0.05, 0.1) is 25.3 Å². The SMILES string of the molecule is CN1C(=O)C(NC(=O)c2ncn(Cc3ccccc3)n2)COc2ccc(CN3CCn4nc(C(F)(F)F)nc4C3)cc21. The van der Waals surface area contributed by atoms with Gasteiger partial charge in [0.15, 0.2) is 0 Å². The van der Waals surface area contributed by atoms with Crippen LogP contribution in [0.25, 0.3) is 0 Å². The van der Waals surface area contributed by atoms with Crippen molar-refractivity contribution in [2.75, 3.05) is 25.1 Å². The van der Waals surface area contributed by atoms with E-state index in [4.69, 9.17) is 4.74 Å². The van der Waals surface area contributed by atoms with Crippen molar-refractivity contribution in [3.8, 4) is 5.75 Å². The lowest BCUT2D eigenvalue weighted by atomic mass is 10.1. The highest BCUT2D eigenvalue weighted by molar-refractivity contribution is 6.02. The summed E-state index contributed by atoms with van der Waals surface area (Å²) >= 11 is 0. The molecule has 0 saturated heterocycles. The highest BCUT2D eigenvalue weighted by Gasteiger charge is 2.38. The number of nitrogens with one attached hydrogen (secondary N) is 1. The van der Waals surface area contributed by atoms with E-state index in [0.717, 1.165) is 11.1 Å². The second-order valence-electron chi connectivity index (χ2n) is 10.1. The Bertz CT molecular complexity index is 1620. The van der Waals surface area contributed by atoms with Gasteiger partial charge in [-0.15, -0.1) is 10.2 Å². The van der Waals surface area contributed by atoms with Crippen molar-refractivity contribution >= 4 is 17.5 Å². The van der Waals surface area contributed by atoms with Crippen molar-refractivity contribution in [3.63, 3.8) is 0 Å². The van der Waals surface area contributed by atoms with E-state index in [-0.39, 0.29) is 37.3 Å². The van der Waals surface area contributed by atoms with Crippen LogP contribution in [0.2, 0.25) is 0 Å². The van der Waals surface area contributed by atoms with Gasteiger partial charge in [0.25, 0.3) is 17.6 Å². The standard InChI is InChI=1S/C27H26F3N9O3/c1-36-20-11-18(12-37-9-10-39-22(14-37)33-26(35-39)27(28,29)30)7-8-21(20)42-15-19(25(36)41)32-24(40)23-31-16-38(34-23)13-17-5-3-2-4-6-17/h2-8,11,16,19H,9-10,12-15H2,1H3,(H,32,40). The van der Waals surface area contributed by atoms with E-state index in [2.05, 4.69) is 25.5 Å². The largest absolute Gasteiger partial charge is 0.489 e. The lowest BCUT2D eigenvalue weighted by molar-refractivity contribution is -0.145. The number of hydrogen-bond donors (Lipinski definition) is 1. The Balaban J connectivity index is 1.10. The fraction of sp³-hybridized carbons (Fsp3) is 0.333. The van der Waals surface area contributed by atoms with Crippen LogP contribution < -0.4 is 15.0 Å². The van der Waals surface area contributed by atoms with Crippen LogP contribution >= 0.6 is 0 Å². The molecular weight excluding hydrogens is 555 g/mol. The third kappa shape index (κ3) is 5.68. The topological polar surface area (TPSA) is 123 Å². The van der Waals surface area contributed by atoms with Gasteiger partial charge in [0.2, 0.25) is 5.82 Å². The second kappa shape index (κ2) is 10.9. The van der Waals surface area contributed by atoms with Gasteiger partial charge in [-0.2, -0.15) is 13.2 Å². The van der Waals surface area contributed by atoms with Gasteiger partial charge in [0, 0.05) is 20.1 Å². The minimum Gasteiger partial charge on any atom is -0.489 e. The number of alkyl halides is 3. The first-order chi connectivity index (χ1) is 20.1. The molecule has 0 radical (unpaired) electrons. The number of likely N-dealkylation sites (N-methyl/N-ethyl adjacent to an activating group) is 1. The zero-order valence-corrected chi connectivity index (χ0v) is 22.5. The lowest BCUT2D eigenvalue weighted by Crippen LogP contribution is -2.49. The highest BCUT2D eigenvalue weighted by Crippen LogP contribution is 2.33. The third-order valence-corrected chi connectivity index (χ3v) is 7.05. The van der Waals surface area contributed by atoms with Crippen LogP contribution in [0.1, 0.15) is 33.4 Å². The maximum Gasteiger partial charge on any atom is 0.453 e. The first-order valence-electron chi connectivity index (χ1n) is 13.1. The predicted molar refractivity (Wildman–Crippen MR) is 141 cm³/mol. The number of fused-ring (bicyclic) bond motifs is 2. The number of benzene rings is 2. The van der Waals surface area contributed by atoms with Crippen molar-refractivity contribution in [1.82, 2.24) is 39.7 Å². The molecule has 0 aliphatic carbocycles. The van der Waals surface area contributed by atoms with Gasteiger partial charge in [-0.05, 0) is 23.3 Å². The first-order valence-corrected chi connectivity index (χ1v) is 13.1. The van der Waals surface area contributed by atoms with Crippen molar-refractivity contribution in [1.29, 1.82) is 0 Å². The van der Waals surface area contributed by atoms with E-state index in [1.54, 1.807) is 23.9 Å². The zero-order valence-electron chi connectivity index (χ0n) is 22.5. The molecule has 42 heavy (non-hydrogen) atoms. The molecule has 0 fully saturated rings. The van der Waals surface area contributed by atoms with Crippen molar-refractivity contribution in [2.45, 2.75) is 38.4 Å². The number of aromatic nitrogens is 6. The average molecular weight is 582 g/mol. The van der Waals surface area contributed by atoms with E-state index in [0.29, 0.717) is 31.1 Å². The highest BCUT2D eigenvalue weighted by atomic mass is 19.4. The van der Waals surface area contributed by atoms with Crippen LogP contribution in [0.15, 0.2) is 54.9 Å². The minimum absolute atomic E-state index is 0.0647. The van der Waals surface area contributed by atoms with E-state index in [1.165, 1.54) is 15.9 Å². The summed E-state index contributed by atoms with van der Waals surface area (Å²) in [5, 5.41) is 10.5. The molecule has 15 heteroatoms. The Morgan fingerprint density at radius 1 is 1.07 bits per heavy atom. The number of hydrogen-bond acceptors (Lipinski definition) is 8. The first kappa shape index (κ1) is 27.4. The molecular formula is C27H26F3N9O3. The van der Waals surface area contributed by atoms with Crippen LogP contribution in [0, 0.1) is 0 Å². The number of anilines is 1. The number of ether oxygens (including phenoxy) is 1. The maximum atomic E-state index is 13.3. The summed E-state index contributed by atoms with van der Waals surface area (Å²) in [6.45, 7) is 1.75. The second-order valence-corrected chi connectivity index (χ2v) is 10.1. The van der Waals surface area contributed by atoms with Crippen molar-refractivity contribution in [2.24, 2.45) is 0 Å². The Kier molecular flexibility index (Phi) is 7.10. The van der Waals surface area contributed by atoms with Gasteiger partial charge in [-0.1, -0.05) is 36.4 Å². The molecule has 2 aromatic heterocycles. The summed E-state index contributed by atoms with van der Waals surface area (Å²) in [7, 11) is 1.59. The van der Waals surface area contributed by atoms with Gasteiger partial charge in [-0.3, -0.25) is 14.5 Å². The van der Waals surface area contributed by atoms with Crippen molar-refractivity contribution < 1.29 is 27.5 Å². The Labute approximate surface area is 237 Å². The molecule has 0 bridgehead atoms. The molecule has 1 atom stereocenters. The van der Waals surface area contributed by atoms with Crippen LogP contribution in [0.5, 0.6) is 5.75 Å². The normalized spacial score (nSPS) is 17.3. The van der Waals surface area contributed by atoms with Crippen LogP contribution in [-0.4, -0.2) is 72.5 Å². The molecule has 1 unspecified atom stereocenters. The summed E-state index contributed by atoms with van der Waals surface area (Å²) in [5.74, 6) is -1.48. The maximum absolute atomic E-state index is 13.3. The van der Waals surface area contributed by atoms with E-state index < -0.39 is 23.9 Å². The summed E-state index contributed by atoms with van der Waals surface area (Å²) in [5.41, 5.74) is 2.34. The molecule has 0 spiro atoms. The summed E-state index contributed by atoms with van der Waals surface area (Å²) in [6.07, 6.45) is -3.14. The molecule has 0 saturated carbocycles. The van der Waals surface area contributed by atoms with Crippen molar-refractivity contribution in [3.05, 3.63) is 83.5 Å². The molecule has 2 amide bonds. The number of rotatable bonds is 6. The number of carbonyl (C=O) groups is 2. The fourth-order valence-electron chi connectivity index (χ4n) is 4.91. The summed E-state index contributed by atoms with van der Waals surface area (Å²) in [4.78, 5) is 37.3. The van der Waals surface area contributed by atoms with Gasteiger partial charge in [0.1, 0.15) is 30.5 Å². The van der Waals surface area contributed by atoms with E-state index in [1.807, 2.05) is 41.3 Å². The third-order valence-electron chi connectivity index (χ3n) is 7.05. The quantitative estimate of drug-likeness (QED) is 0.368. The summed E-state index contributed by atoms with van der Waals surface area (Å²) in [6, 6.07) is 14.0. The fourth-order valence-corrected chi connectivity index (χ4v) is 4.91. The van der Waals surface area contributed by atoms with E-state index >= 15 is 0 Å².